The van der Waals surface area contributed by atoms with E-state index in [4.69, 9.17) is 4.74 Å². The molecule has 0 atom stereocenters. The lowest BCUT2D eigenvalue weighted by molar-refractivity contribution is -0.118. The van der Waals surface area contributed by atoms with Crippen LogP contribution in [-0.2, 0) is 17.6 Å². The van der Waals surface area contributed by atoms with E-state index in [0.29, 0.717) is 0 Å². The highest BCUT2D eigenvalue weighted by Gasteiger charge is 2.16. The van der Waals surface area contributed by atoms with Gasteiger partial charge in [-0.25, -0.2) is 0 Å². The quantitative estimate of drug-likeness (QED) is 0.877. The van der Waals surface area contributed by atoms with Crippen molar-refractivity contribution in [2.75, 3.05) is 11.9 Å². The summed E-state index contributed by atoms with van der Waals surface area (Å²) < 4.78 is 6.72. The molecule has 0 radical (unpaired) electrons. The predicted molar refractivity (Wildman–Crippen MR) is 93.9 cm³/mol. The van der Waals surface area contributed by atoms with E-state index in [1.54, 1.807) is 6.20 Å². The lowest BCUT2D eigenvalue weighted by Crippen LogP contribution is -2.21. The molecule has 0 unspecified atom stereocenters. The number of nitrogens with one attached hydrogen (secondary N) is 1. The van der Waals surface area contributed by atoms with Crippen molar-refractivity contribution in [3.63, 3.8) is 0 Å². The van der Waals surface area contributed by atoms with E-state index in [1.165, 1.54) is 6.42 Å². The number of halogens is 1. The van der Waals surface area contributed by atoms with Gasteiger partial charge in [-0.3, -0.25) is 9.78 Å². The predicted octanol–water partition coefficient (Wildman–Crippen LogP) is 4.05. The minimum Gasteiger partial charge on any atom is -0.483 e. The number of benzene rings is 1. The summed E-state index contributed by atoms with van der Waals surface area (Å²) in [6.07, 6.45) is 6.06. The Bertz CT molecular complexity index is 731. The number of hydrogen-bond acceptors (Lipinski definition) is 3. The second-order valence-electron chi connectivity index (χ2n) is 5.69. The summed E-state index contributed by atoms with van der Waals surface area (Å²) >= 11 is 3.46. The maximum absolute atomic E-state index is 12.2. The van der Waals surface area contributed by atoms with E-state index >= 15 is 0 Å². The monoisotopic (exact) mass is 374 g/mol. The summed E-state index contributed by atoms with van der Waals surface area (Å²) in [7, 11) is 0. The maximum Gasteiger partial charge on any atom is 0.262 e. The first-order valence-electron chi connectivity index (χ1n) is 7.79. The van der Waals surface area contributed by atoms with Crippen LogP contribution < -0.4 is 10.1 Å². The highest BCUT2D eigenvalue weighted by atomic mass is 79.9. The number of rotatable bonds is 4. The first-order chi connectivity index (χ1) is 11.1. The Morgan fingerprint density at radius 2 is 2.13 bits per heavy atom. The molecular weight excluding hydrogens is 356 g/mol. The average molecular weight is 375 g/mol. The number of carbonyl (C=O) groups is 1. The summed E-state index contributed by atoms with van der Waals surface area (Å²) in [6.45, 7) is 1.96. The average Bonchev–Trinajstić information content (AvgIpc) is 2.57. The van der Waals surface area contributed by atoms with Gasteiger partial charge in [-0.1, -0.05) is 22.0 Å². The van der Waals surface area contributed by atoms with Crippen molar-refractivity contribution < 1.29 is 9.53 Å². The van der Waals surface area contributed by atoms with E-state index in [9.17, 15) is 4.79 Å². The number of carbonyl (C=O) groups excluding carboxylic acids is 1. The van der Waals surface area contributed by atoms with Crippen molar-refractivity contribution in [2.24, 2.45) is 0 Å². The SMILES string of the molecule is Cc1c(Br)cccc1NC(=O)COc1ccnc2c1CCCC2. The smallest absolute Gasteiger partial charge is 0.262 e. The minimum atomic E-state index is -0.160. The van der Waals surface area contributed by atoms with Crippen LogP contribution in [-0.4, -0.2) is 17.5 Å². The van der Waals surface area contributed by atoms with Crippen LogP contribution in [0.2, 0.25) is 0 Å². The van der Waals surface area contributed by atoms with Crippen LogP contribution in [0.4, 0.5) is 5.69 Å². The van der Waals surface area contributed by atoms with Gasteiger partial charge in [-0.15, -0.1) is 0 Å². The molecule has 1 aliphatic carbocycles. The van der Waals surface area contributed by atoms with Crippen molar-refractivity contribution in [2.45, 2.75) is 32.6 Å². The van der Waals surface area contributed by atoms with Gasteiger partial charge in [0, 0.05) is 27.6 Å². The Hall–Kier alpha value is -1.88. The molecule has 0 saturated heterocycles. The van der Waals surface area contributed by atoms with E-state index < -0.39 is 0 Å². The van der Waals surface area contributed by atoms with E-state index in [0.717, 1.165) is 52.0 Å². The van der Waals surface area contributed by atoms with Crippen LogP contribution in [0, 0.1) is 6.92 Å². The highest BCUT2D eigenvalue weighted by Crippen LogP contribution is 2.28. The third-order valence-corrected chi connectivity index (χ3v) is 4.95. The molecular formula is C18H19BrN2O2. The molecule has 0 saturated carbocycles. The molecule has 4 nitrogen and oxygen atoms in total. The Labute approximate surface area is 144 Å². The highest BCUT2D eigenvalue weighted by molar-refractivity contribution is 9.10. The van der Waals surface area contributed by atoms with Crippen molar-refractivity contribution in [3.05, 3.63) is 51.8 Å². The van der Waals surface area contributed by atoms with Gasteiger partial charge in [-0.05, 0) is 56.4 Å². The number of amides is 1. The van der Waals surface area contributed by atoms with Gasteiger partial charge in [0.2, 0.25) is 0 Å². The topological polar surface area (TPSA) is 51.2 Å². The summed E-state index contributed by atoms with van der Waals surface area (Å²) in [5, 5.41) is 2.89. The van der Waals surface area contributed by atoms with Gasteiger partial charge in [0.1, 0.15) is 5.75 Å². The normalized spacial score (nSPS) is 13.3. The van der Waals surface area contributed by atoms with Gasteiger partial charge in [0.05, 0.1) is 0 Å². The second-order valence-corrected chi connectivity index (χ2v) is 6.55. The summed E-state index contributed by atoms with van der Waals surface area (Å²) in [5.74, 6) is 0.628. The molecule has 120 valence electrons. The fraction of sp³-hybridized carbons (Fsp3) is 0.333. The molecule has 1 N–H and O–H groups in total. The van der Waals surface area contributed by atoms with Crippen molar-refractivity contribution >= 4 is 27.5 Å². The van der Waals surface area contributed by atoms with Crippen molar-refractivity contribution in [1.29, 1.82) is 0 Å². The molecule has 0 bridgehead atoms. The van der Waals surface area contributed by atoms with Gasteiger partial charge >= 0.3 is 0 Å². The van der Waals surface area contributed by atoms with Crippen LogP contribution >= 0.6 is 15.9 Å². The number of aryl methyl sites for hydroxylation is 1. The molecule has 3 rings (SSSR count). The summed E-state index contributed by atoms with van der Waals surface area (Å²) in [5.41, 5.74) is 4.06. The van der Waals surface area contributed by atoms with Crippen LogP contribution in [0.15, 0.2) is 34.9 Å². The molecule has 23 heavy (non-hydrogen) atoms. The van der Waals surface area contributed by atoms with Crippen molar-refractivity contribution in [3.8, 4) is 5.75 Å². The molecule has 0 aliphatic heterocycles. The van der Waals surface area contributed by atoms with Gasteiger partial charge in [-0.2, -0.15) is 0 Å². The third kappa shape index (κ3) is 3.72. The summed E-state index contributed by atoms with van der Waals surface area (Å²) in [6, 6.07) is 7.58. The van der Waals surface area contributed by atoms with Gasteiger partial charge in [0.25, 0.3) is 5.91 Å². The molecule has 0 spiro atoms. The van der Waals surface area contributed by atoms with E-state index in [2.05, 4.69) is 26.2 Å². The maximum atomic E-state index is 12.2. The fourth-order valence-electron chi connectivity index (χ4n) is 2.80. The molecule has 1 heterocycles. The lowest BCUT2D eigenvalue weighted by Gasteiger charge is -2.18. The Kier molecular flexibility index (Phi) is 4.96. The van der Waals surface area contributed by atoms with Gasteiger partial charge < -0.3 is 10.1 Å². The molecule has 0 fully saturated rings. The molecule has 1 aliphatic rings. The molecule has 1 aromatic carbocycles. The number of nitrogens with zero attached hydrogens (tertiary/aromatic N) is 1. The van der Waals surface area contributed by atoms with Gasteiger partial charge in [0.15, 0.2) is 6.61 Å². The zero-order valence-electron chi connectivity index (χ0n) is 13.1. The fourth-order valence-corrected chi connectivity index (χ4v) is 3.17. The van der Waals surface area contributed by atoms with E-state index in [-0.39, 0.29) is 12.5 Å². The minimum absolute atomic E-state index is 0.00239. The lowest BCUT2D eigenvalue weighted by atomic mass is 9.95. The first kappa shape index (κ1) is 16.0. The van der Waals surface area contributed by atoms with E-state index in [1.807, 2.05) is 31.2 Å². The molecule has 5 heteroatoms. The number of aromatic nitrogens is 1. The van der Waals surface area contributed by atoms with Crippen LogP contribution in [0.25, 0.3) is 0 Å². The zero-order valence-corrected chi connectivity index (χ0v) is 14.6. The first-order valence-corrected chi connectivity index (χ1v) is 8.59. The van der Waals surface area contributed by atoms with Crippen LogP contribution in [0.5, 0.6) is 5.75 Å². The molecule has 2 aromatic rings. The molecule has 1 aromatic heterocycles. The van der Waals surface area contributed by atoms with Crippen LogP contribution in [0.1, 0.15) is 29.7 Å². The van der Waals surface area contributed by atoms with Crippen molar-refractivity contribution in [1.82, 2.24) is 4.98 Å². The number of ether oxygens (including phenoxy) is 1. The Balaban J connectivity index is 1.65. The Morgan fingerprint density at radius 3 is 3.00 bits per heavy atom. The number of anilines is 1. The second kappa shape index (κ2) is 7.13. The number of hydrogen-bond donors (Lipinski definition) is 1. The summed E-state index contributed by atoms with van der Waals surface area (Å²) in [4.78, 5) is 16.6. The standard InChI is InChI=1S/C18H19BrN2O2/c1-12-14(19)6-4-8-15(12)21-18(22)11-23-17-9-10-20-16-7-3-2-5-13(16)17/h4,6,8-10H,2-3,5,7,11H2,1H3,(H,21,22). The largest absolute Gasteiger partial charge is 0.483 e. The number of pyridine rings is 1. The third-order valence-electron chi connectivity index (χ3n) is 4.09. The zero-order chi connectivity index (χ0) is 16.2. The van der Waals surface area contributed by atoms with Crippen LogP contribution in [0.3, 0.4) is 0 Å². The molecule has 1 amide bonds. The Morgan fingerprint density at radius 1 is 1.30 bits per heavy atom. The number of fused-ring (bicyclic) bond motifs is 1.